The highest BCUT2D eigenvalue weighted by molar-refractivity contribution is 5.99. The molecular formula is C18H21N3O. The minimum absolute atomic E-state index is 0.0727. The SMILES string of the molecule is Cc1cc(C#N)c2cc(C(=O)NC3CCCCC3C)[nH]c2c1. The fraction of sp³-hybridized carbons (Fsp3) is 0.444. The molecule has 1 heterocycles. The number of nitriles is 1. The van der Waals surface area contributed by atoms with Gasteiger partial charge in [0.05, 0.1) is 11.6 Å². The predicted octanol–water partition coefficient (Wildman–Crippen LogP) is 3.66. The van der Waals surface area contributed by atoms with Crippen molar-refractivity contribution in [3.8, 4) is 6.07 Å². The van der Waals surface area contributed by atoms with E-state index in [1.807, 2.05) is 19.1 Å². The van der Waals surface area contributed by atoms with Gasteiger partial charge in [-0.25, -0.2) is 0 Å². The van der Waals surface area contributed by atoms with Gasteiger partial charge in [0.15, 0.2) is 0 Å². The molecule has 1 aromatic carbocycles. The fourth-order valence-electron chi connectivity index (χ4n) is 3.37. The summed E-state index contributed by atoms with van der Waals surface area (Å²) >= 11 is 0. The van der Waals surface area contributed by atoms with E-state index in [-0.39, 0.29) is 11.9 Å². The lowest BCUT2D eigenvalue weighted by atomic mass is 9.86. The van der Waals surface area contributed by atoms with Crippen LogP contribution >= 0.6 is 0 Å². The van der Waals surface area contributed by atoms with Crippen LogP contribution in [0, 0.1) is 24.2 Å². The van der Waals surface area contributed by atoms with Crippen molar-refractivity contribution >= 4 is 16.8 Å². The summed E-state index contributed by atoms with van der Waals surface area (Å²) < 4.78 is 0. The van der Waals surface area contributed by atoms with Crippen LogP contribution in [-0.4, -0.2) is 16.9 Å². The van der Waals surface area contributed by atoms with Gasteiger partial charge < -0.3 is 10.3 Å². The van der Waals surface area contributed by atoms with E-state index in [1.165, 1.54) is 19.3 Å². The number of nitrogens with zero attached hydrogens (tertiary/aromatic N) is 1. The second-order valence-electron chi connectivity index (χ2n) is 6.41. The quantitative estimate of drug-likeness (QED) is 0.887. The first-order valence-corrected chi connectivity index (χ1v) is 7.93. The smallest absolute Gasteiger partial charge is 0.267 e. The van der Waals surface area contributed by atoms with Crippen LogP contribution in [-0.2, 0) is 0 Å². The molecule has 4 nitrogen and oxygen atoms in total. The van der Waals surface area contributed by atoms with Crippen LogP contribution < -0.4 is 5.32 Å². The van der Waals surface area contributed by atoms with Gasteiger partial charge in [0.2, 0.25) is 0 Å². The highest BCUT2D eigenvalue weighted by atomic mass is 16.1. The molecule has 0 aliphatic heterocycles. The molecule has 1 saturated carbocycles. The summed E-state index contributed by atoms with van der Waals surface area (Å²) in [6.07, 6.45) is 4.66. The highest BCUT2D eigenvalue weighted by Crippen LogP contribution is 2.25. The number of aromatic nitrogens is 1. The maximum absolute atomic E-state index is 12.5. The number of hydrogen-bond acceptors (Lipinski definition) is 2. The zero-order chi connectivity index (χ0) is 15.7. The van der Waals surface area contributed by atoms with Crippen molar-refractivity contribution in [2.75, 3.05) is 0 Å². The zero-order valence-electron chi connectivity index (χ0n) is 13.1. The van der Waals surface area contributed by atoms with Gasteiger partial charge in [0.25, 0.3) is 5.91 Å². The van der Waals surface area contributed by atoms with Gasteiger partial charge in [0, 0.05) is 16.9 Å². The summed E-state index contributed by atoms with van der Waals surface area (Å²) in [7, 11) is 0. The Morgan fingerprint density at radius 2 is 2.09 bits per heavy atom. The average molecular weight is 295 g/mol. The zero-order valence-corrected chi connectivity index (χ0v) is 13.1. The summed E-state index contributed by atoms with van der Waals surface area (Å²) in [6, 6.07) is 8.06. The lowest BCUT2D eigenvalue weighted by Gasteiger charge is -2.29. The fourth-order valence-corrected chi connectivity index (χ4v) is 3.37. The number of carbonyl (C=O) groups excluding carboxylic acids is 1. The molecule has 4 heteroatoms. The maximum Gasteiger partial charge on any atom is 0.267 e. The van der Waals surface area contributed by atoms with Gasteiger partial charge in [-0.1, -0.05) is 19.8 Å². The standard InChI is InChI=1S/C18H21N3O/c1-11-7-13(10-19)14-9-17(20-16(14)8-11)18(22)21-15-6-4-3-5-12(15)2/h7-9,12,15,20H,3-6H2,1-2H3,(H,21,22). The summed E-state index contributed by atoms with van der Waals surface area (Å²) in [5.41, 5.74) is 3.00. The van der Waals surface area contributed by atoms with Gasteiger partial charge in [-0.2, -0.15) is 5.26 Å². The van der Waals surface area contributed by atoms with Crippen molar-refractivity contribution in [3.63, 3.8) is 0 Å². The maximum atomic E-state index is 12.5. The Labute approximate surface area is 130 Å². The summed E-state index contributed by atoms with van der Waals surface area (Å²) in [6.45, 7) is 4.15. The van der Waals surface area contributed by atoms with Crippen molar-refractivity contribution in [3.05, 3.63) is 35.0 Å². The largest absolute Gasteiger partial charge is 0.350 e. The third kappa shape index (κ3) is 2.71. The lowest BCUT2D eigenvalue weighted by molar-refractivity contribution is 0.0906. The Balaban J connectivity index is 1.87. The van der Waals surface area contributed by atoms with Crippen molar-refractivity contribution in [1.82, 2.24) is 10.3 Å². The van der Waals surface area contributed by atoms with E-state index in [4.69, 9.17) is 0 Å². The number of aryl methyl sites for hydroxylation is 1. The van der Waals surface area contributed by atoms with Crippen LogP contribution in [0.2, 0.25) is 0 Å². The molecule has 0 saturated heterocycles. The number of hydrogen-bond donors (Lipinski definition) is 2. The first-order valence-electron chi connectivity index (χ1n) is 7.93. The van der Waals surface area contributed by atoms with Gasteiger partial charge in [-0.15, -0.1) is 0 Å². The number of H-pyrrole nitrogens is 1. The van der Waals surface area contributed by atoms with E-state index < -0.39 is 0 Å². The Hall–Kier alpha value is -2.28. The van der Waals surface area contributed by atoms with E-state index >= 15 is 0 Å². The van der Waals surface area contributed by atoms with Crippen LogP contribution in [0.3, 0.4) is 0 Å². The first kappa shape index (κ1) is 14.6. The number of fused-ring (bicyclic) bond motifs is 1. The molecule has 0 bridgehead atoms. The van der Waals surface area contributed by atoms with Crippen molar-refractivity contribution in [2.24, 2.45) is 5.92 Å². The lowest BCUT2D eigenvalue weighted by Crippen LogP contribution is -2.41. The van der Waals surface area contributed by atoms with Gasteiger partial charge in [-0.05, 0) is 49.4 Å². The van der Waals surface area contributed by atoms with Crippen LogP contribution in [0.25, 0.3) is 10.9 Å². The molecule has 1 aliphatic rings. The predicted molar refractivity (Wildman–Crippen MR) is 86.6 cm³/mol. The summed E-state index contributed by atoms with van der Waals surface area (Å²) in [4.78, 5) is 15.6. The molecule has 0 spiro atoms. The van der Waals surface area contributed by atoms with Crippen LogP contribution in [0.5, 0.6) is 0 Å². The Bertz CT molecular complexity index is 754. The summed E-state index contributed by atoms with van der Waals surface area (Å²) in [5, 5.41) is 13.2. The van der Waals surface area contributed by atoms with E-state index in [1.54, 1.807) is 6.07 Å². The van der Waals surface area contributed by atoms with Gasteiger partial charge in [-0.3, -0.25) is 4.79 Å². The first-order chi connectivity index (χ1) is 10.6. The molecule has 2 N–H and O–H groups in total. The molecule has 2 atom stereocenters. The number of amides is 1. The van der Waals surface area contributed by atoms with Gasteiger partial charge in [0.1, 0.15) is 5.69 Å². The number of benzene rings is 1. The summed E-state index contributed by atoms with van der Waals surface area (Å²) in [5.74, 6) is 0.454. The van der Waals surface area contributed by atoms with E-state index in [0.29, 0.717) is 17.2 Å². The third-order valence-corrected chi connectivity index (χ3v) is 4.68. The van der Waals surface area contributed by atoms with Crippen molar-refractivity contribution < 1.29 is 4.79 Å². The van der Waals surface area contributed by atoms with E-state index in [0.717, 1.165) is 22.9 Å². The average Bonchev–Trinajstić information content (AvgIpc) is 2.92. The van der Waals surface area contributed by atoms with E-state index in [2.05, 4.69) is 23.3 Å². The Kier molecular flexibility index (Phi) is 3.89. The second-order valence-corrected chi connectivity index (χ2v) is 6.41. The molecule has 1 aliphatic carbocycles. The van der Waals surface area contributed by atoms with Crippen molar-refractivity contribution in [2.45, 2.75) is 45.6 Å². The monoisotopic (exact) mass is 295 g/mol. The molecule has 22 heavy (non-hydrogen) atoms. The van der Waals surface area contributed by atoms with E-state index in [9.17, 15) is 10.1 Å². The molecule has 2 unspecified atom stereocenters. The topological polar surface area (TPSA) is 68.7 Å². The molecule has 2 aromatic rings. The number of rotatable bonds is 2. The molecule has 1 fully saturated rings. The second kappa shape index (κ2) is 5.84. The number of aromatic amines is 1. The number of carbonyl (C=O) groups is 1. The van der Waals surface area contributed by atoms with Gasteiger partial charge >= 0.3 is 0 Å². The minimum atomic E-state index is -0.0727. The highest BCUT2D eigenvalue weighted by Gasteiger charge is 2.24. The minimum Gasteiger partial charge on any atom is -0.350 e. The molecule has 0 radical (unpaired) electrons. The van der Waals surface area contributed by atoms with Crippen molar-refractivity contribution in [1.29, 1.82) is 5.26 Å². The molecule has 1 aromatic heterocycles. The molecule has 3 rings (SSSR count). The van der Waals surface area contributed by atoms with Crippen LogP contribution in [0.4, 0.5) is 0 Å². The van der Waals surface area contributed by atoms with Crippen LogP contribution in [0.1, 0.15) is 54.2 Å². The Morgan fingerprint density at radius 3 is 2.82 bits per heavy atom. The normalized spacial score (nSPS) is 21.5. The molecular weight excluding hydrogens is 274 g/mol. The Morgan fingerprint density at radius 1 is 1.32 bits per heavy atom. The molecule has 114 valence electrons. The molecule has 1 amide bonds. The number of nitrogens with one attached hydrogen (secondary N) is 2. The van der Waals surface area contributed by atoms with Crippen LogP contribution in [0.15, 0.2) is 18.2 Å². The third-order valence-electron chi connectivity index (χ3n) is 4.68.